The van der Waals surface area contributed by atoms with Crippen molar-refractivity contribution in [1.82, 2.24) is 19.6 Å². The lowest BCUT2D eigenvalue weighted by molar-refractivity contribution is 0.158. The number of hydrogen-bond donors (Lipinski definition) is 0. The van der Waals surface area contributed by atoms with Gasteiger partial charge < -0.3 is 4.90 Å². The van der Waals surface area contributed by atoms with E-state index in [-0.39, 0.29) is 27.7 Å². The molecule has 0 bridgehead atoms. The monoisotopic (exact) mass is 409 g/mol. The Morgan fingerprint density at radius 1 is 1.11 bits per heavy atom. The van der Waals surface area contributed by atoms with E-state index in [1.54, 1.807) is 6.92 Å². The molecule has 0 atom stereocenters. The number of halogens is 5. The molecule has 0 aliphatic rings. The zero-order valence-electron chi connectivity index (χ0n) is 14.4. The fourth-order valence-electron chi connectivity index (χ4n) is 3.13. The van der Waals surface area contributed by atoms with Gasteiger partial charge in [0.05, 0.1) is 17.1 Å². The largest absolute Gasteiger partial charge is 0.320 e. The summed E-state index contributed by atoms with van der Waals surface area (Å²) in [5, 5.41) is 7.80. The zero-order chi connectivity index (χ0) is 20.0. The number of fused-ring (bicyclic) bond motifs is 3. The van der Waals surface area contributed by atoms with Crippen LogP contribution in [-0.4, -0.2) is 32.6 Å². The van der Waals surface area contributed by atoms with E-state index in [0.717, 1.165) is 23.1 Å². The van der Waals surface area contributed by atoms with Crippen LogP contribution < -0.4 is 4.90 Å². The van der Waals surface area contributed by atoms with Gasteiger partial charge >= 0.3 is 0 Å². The number of alkyl halides is 2. The van der Waals surface area contributed by atoms with Crippen molar-refractivity contribution in [3.63, 3.8) is 0 Å². The minimum absolute atomic E-state index is 0.0257. The molecule has 0 spiro atoms. The van der Waals surface area contributed by atoms with Crippen LogP contribution in [0.1, 0.15) is 5.56 Å². The van der Waals surface area contributed by atoms with Gasteiger partial charge in [0.25, 0.3) is 12.2 Å². The normalized spacial score (nSPS) is 11.7. The molecule has 0 N–H and O–H groups in total. The van der Waals surface area contributed by atoms with E-state index in [1.165, 1.54) is 22.9 Å². The van der Waals surface area contributed by atoms with Crippen molar-refractivity contribution < 1.29 is 17.6 Å². The van der Waals surface area contributed by atoms with Crippen LogP contribution >= 0.6 is 11.6 Å². The van der Waals surface area contributed by atoms with Crippen molar-refractivity contribution in [2.24, 2.45) is 0 Å². The average Bonchev–Trinajstić information content (AvgIpc) is 3.05. The van der Waals surface area contributed by atoms with Crippen LogP contribution in [0.15, 0.2) is 36.7 Å². The van der Waals surface area contributed by atoms with Gasteiger partial charge in [-0.15, -0.1) is 10.2 Å². The van der Waals surface area contributed by atoms with Crippen LogP contribution in [0.4, 0.5) is 29.1 Å². The molecule has 0 saturated carbocycles. The van der Waals surface area contributed by atoms with Crippen molar-refractivity contribution in [2.45, 2.75) is 13.3 Å². The topological polar surface area (TPSA) is 46.3 Å². The summed E-state index contributed by atoms with van der Waals surface area (Å²) in [6.07, 6.45) is -1.43. The quantitative estimate of drug-likeness (QED) is 0.449. The van der Waals surface area contributed by atoms with Crippen molar-refractivity contribution in [2.75, 3.05) is 11.4 Å². The van der Waals surface area contributed by atoms with E-state index in [0.29, 0.717) is 11.1 Å². The van der Waals surface area contributed by atoms with E-state index in [1.807, 2.05) is 0 Å². The summed E-state index contributed by atoms with van der Waals surface area (Å²) in [5.74, 6) is -1.20. The molecule has 5 nitrogen and oxygen atoms in total. The second-order valence-electron chi connectivity index (χ2n) is 6.21. The molecule has 10 heteroatoms. The van der Waals surface area contributed by atoms with Crippen molar-refractivity contribution >= 4 is 39.8 Å². The third-order valence-electron chi connectivity index (χ3n) is 4.16. The Labute approximate surface area is 161 Å². The molecule has 0 amide bonds. The van der Waals surface area contributed by atoms with E-state index in [2.05, 4.69) is 15.2 Å². The fraction of sp³-hybridized carbons (Fsp3) is 0.167. The Morgan fingerprint density at radius 3 is 2.57 bits per heavy atom. The predicted molar refractivity (Wildman–Crippen MR) is 97.4 cm³/mol. The van der Waals surface area contributed by atoms with Gasteiger partial charge in [0.2, 0.25) is 0 Å². The Kier molecular flexibility index (Phi) is 4.54. The summed E-state index contributed by atoms with van der Waals surface area (Å²) >= 11 is 6.21. The molecular formula is C18H12ClF4N5. The number of benzene rings is 2. The summed E-state index contributed by atoms with van der Waals surface area (Å²) in [6, 6.07) is 6.14. The van der Waals surface area contributed by atoms with Crippen LogP contribution in [0, 0.1) is 18.6 Å². The molecule has 0 aliphatic heterocycles. The van der Waals surface area contributed by atoms with Crippen LogP contribution in [0.5, 0.6) is 0 Å². The number of aryl methyl sites for hydroxylation is 1. The predicted octanol–water partition coefficient (Wildman–Crippen LogP) is 4.92. The molecule has 0 fully saturated rings. The maximum atomic E-state index is 14.1. The SMILES string of the molecule is Cc1cc(F)cc(N(CC(F)F)c2nc3nncn3c3c(Cl)cc(F)cc23)c1. The lowest BCUT2D eigenvalue weighted by Gasteiger charge is -2.25. The van der Waals surface area contributed by atoms with Gasteiger partial charge in [-0.05, 0) is 42.8 Å². The Hall–Kier alpha value is -2.94. The highest BCUT2D eigenvalue weighted by molar-refractivity contribution is 6.35. The molecule has 0 unspecified atom stereocenters. The molecule has 0 saturated heterocycles. The molecule has 0 aliphatic carbocycles. The minimum Gasteiger partial charge on any atom is -0.320 e. The van der Waals surface area contributed by atoms with Gasteiger partial charge in [-0.2, -0.15) is 4.98 Å². The van der Waals surface area contributed by atoms with E-state index in [9.17, 15) is 17.6 Å². The third kappa shape index (κ3) is 3.22. The van der Waals surface area contributed by atoms with Crippen molar-refractivity contribution in [3.8, 4) is 0 Å². The van der Waals surface area contributed by atoms with Crippen molar-refractivity contribution in [1.29, 1.82) is 0 Å². The second kappa shape index (κ2) is 6.90. The number of nitrogens with zero attached hydrogens (tertiary/aromatic N) is 5. The standard InChI is InChI=1S/C18H12ClF4N5/c1-9-2-10(20)4-12(3-9)27(7-15(22)23)17-13-5-11(21)6-14(19)16(13)28-8-24-26-18(28)25-17/h2-6,8,15H,7H2,1H3. The van der Waals surface area contributed by atoms with Crippen LogP contribution in [0.2, 0.25) is 5.02 Å². The smallest absolute Gasteiger partial charge is 0.257 e. The second-order valence-corrected chi connectivity index (χ2v) is 6.62. The summed E-state index contributed by atoms with van der Waals surface area (Å²) in [7, 11) is 0. The highest BCUT2D eigenvalue weighted by Gasteiger charge is 2.23. The summed E-state index contributed by atoms with van der Waals surface area (Å²) in [6.45, 7) is 0.848. The molecule has 2 aromatic carbocycles. The highest BCUT2D eigenvalue weighted by atomic mass is 35.5. The first kappa shape index (κ1) is 18.4. The maximum absolute atomic E-state index is 14.1. The van der Waals surface area contributed by atoms with Gasteiger partial charge in [-0.3, -0.25) is 4.40 Å². The van der Waals surface area contributed by atoms with E-state index >= 15 is 0 Å². The fourth-order valence-corrected chi connectivity index (χ4v) is 3.43. The van der Waals surface area contributed by atoms with Crippen LogP contribution in [-0.2, 0) is 0 Å². The number of anilines is 2. The molecule has 2 heterocycles. The van der Waals surface area contributed by atoms with Crippen molar-refractivity contribution in [3.05, 3.63) is 58.9 Å². The molecular weight excluding hydrogens is 398 g/mol. The first-order valence-electron chi connectivity index (χ1n) is 8.15. The Bertz CT molecular complexity index is 1170. The summed E-state index contributed by atoms with van der Waals surface area (Å²) < 4.78 is 56.2. The molecule has 2 aromatic heterocycles. The van der Waals surface area contributed by atoms with Gasteiger partial charge in [0.15, 0.2) is 0 Å². The Morgan fingerprint density at radius 2 is 1.86 bits per heavy atom. The highest BCUT2D eigenvalue weighted by Crippen LogP contribution is 2.36. The summed E-state index contributed by atoms with van der Waals surface area (Å²) in [4.78, 5) is 5.39. The summed E-state index contributed by atoms with van der Waals surface area (Å²) in [5.41, 5.74) is 0.989. The van der Waals surface area contributed by atoms with Crippen LogP contribution in [0.25, 0.3) is 16.7 Å². The molecule has 4 aromatic rings. The lowest BCUT2D eigenvalue weighted by atomic mass is 10.1. The Balaban J connectivity index is 2.07. The van der Waals surface area contributed by atoms with Gasteiger partial charge in [-0.25, -0.2) is 17.6 Å². The number of hydrogen-bond acceptors (Lipinski definition) is 4. The first-order valence-corrected chi connectivity index (χ1v) is 8.52. The first-order chi connectivity index (χ1) is 13.3. The number of aromatic nitrogens is 4. The van der Waals surface area contributed by atoms with E-state index < -0.39 is 24.6 Å². The number of rotatable bonds is 4. The molecule has 28 heavy (non-hydrogen) atoms. The van der Waals surface area contributed by atoms with Gasteiger partial charge in [0.1, 0.15) is 23.8 Å². The van der Waals surface area contributed by atoms with Crippen LogP contribution in [0.3, 0.4) is 0 Å². The van der Waals surface area contributed by atoms with Gasteiger partial charge in [0, 0.05) is 11.1 Å². The average molecular weight is 410 g/mol. The van der Waals surface area contributed by atoms with E-state index in [4.69, 9.17) is 11.6 Å². The lowest BCUT2D eigenvalue weighted by Crippen LogP contribution is -2.25. The molecule has 0 radical (unpaired) electrons. The van der Waals surface area contributed by atoms with Gasteiger partial charge in [-0.1, -0.05) is 11.6 Å². The third-order valence-corrected chi connectivity index (χ3v) is 4.45. The molecule has 144 valence electrons. The zero-order valence-corrected chi connectivity index (χ0v) is 15.1. The molecule has 4 rings (SSSR count). The maximum Gasteiger partial charge on any atom is 0.257 e. The minimum atomic E-state index is -2.77.